The number of carbonyl (C=O) groups excluding carboxylic acids is 2. The van der Waals surface area contributed by atoms with Crippen LogP contribution >= 0.6 is 0 Å². The molecule has 1 saturated heterocycles. The Morgan fingerprint density at radius 1 is 0.792 bits per heavy atom. The monoisotopic (exact) mass is 662 g/mol. The second-order valence-corrected chi connectivity index (χ2v) is 13.4. The van der Waals surface area contributed by atoms with Crippen molar-refractivity contribution in [2.45, 2.75) is 116 Å². The molecule has 1 fully saturated rings. The number of carbonyl (C=O) groups is 2. The Labute approximate surface area is 286 Å². The van der Waals surface area contributed by atoms with E-state index in [0.717, 1.165) is 48.1 Å². The van der Waals surface area contributed by atoms with Crippen molar-refractivity contribution in [2.75, 3.05) is 27.6 Å². The first-order chi connectivity index (χ1) is 23.5. The molecule has 0 saturated carbocycles. The van der Waals surface area contributed by atoms with Crippen LogP contribution in [-0.2, 0) is 20.7 Å². The van der Waals surface area contributed by atoms with Gasteiger partial charge in [-0.05, 0) is 79.5 Å². The quantitative estimate of drug-likeness (QED) is 0.0600. The lowest BCUT2D eigenvalue weighted by Gasteiger charge is -2.34. The summed E-state index contributed by atoms with van der Waals surface area (Å²) in [6, 6.07) is 7.70. The third kappa shape index (κ3) is 9.06. The van der Waals surface area contributed by atoms with Gasteiger partial charge >= 0.3 is 11.9 Å². The van der Waals surface area contributed by atoms with Gasteiger partial charge in [0.1, 0.15) is 0 Å². The van der Waals surface area contributed by atoms with E-state index in [1.807, 2.05) is 24.3 Å². The van der Waals surface area contributed by atoms with E-state index in [2.05, 4.69) is 19.1 Å². The van der Waals surface area contributed by atoms with Crippen molar-refractivity contribution in [1.82, 2.24) is 0 Å². The van der Waals surface area contributed by atoms with Crippen molar-refractivity contribution in [3.8, 4) is 28.7 Å². The van der Waals surface area contributed by atoms with Gasteiger partial charge in [0, 0.05) is 18.3 Å². The standard InChI is InChI=1S/C40H54O8/c1-4-5-6-7-8-9-10-11-12-13-14-15-16-17-18-19-20-36(41)48-39-34(43-2)23-29(24-35(39)44-3)37-31-25-33-32(46-27-47-33)22-28(31)21-30-26-45-40(42)38(30)37/h10-11,22-25,30,37-38H,4-9,12-21,26-27H2,1-3H3/b11-10+/t30-,37+,38-/m0/s1. The number of hydrogen-bond donors (Lipinski definition) is 0. The van der Waals surface area contributed by atoms with Gasteiger partial charge in [0.25, 0.3) is 0 Å². The predicted molar refractivity (Wildman–Crippen MR) is 185 cm³/mol. The predicted octanol–water partition coefficient (Wildman–Crippen LogP) is 9.24. The molecule has 0 bridgehead atoms. The zero-order valence-corrected chi connectivity index (χ0v) is 29.2. The third-order valence-electron chi connectivity index (χ3n) is 9.98. The highest BCUT2D eigenvalue weighted by Gasteiger charge is 2.48. The van der Waals surface area contributed by atoms with E-state index in [1.54, 1.807) is 14.2 Å². The Kier molecular flexibility index (Phi) is 13.5. The van der Waals surface area contributed by atoms with Gasteiger partial charge in [-0.2, -0.15) is 0 Å². The summed E-state index contributed by atoms with van der Waals surface area (Å²) in [5.41, 5.74) is 2.92. The summed E-state index contributed by atoms with van der Waals surface area (Å²) in [4.78, 5) is 26.0. The zero-order valence-electron chi connectivity index (χ0n) is 29.2. The lowest BCUT2D eigenvalue weighted by molar-refractivity contribution is -0.141. The van der Waals surface area contributed by atoms with Crippen LogP contribution in [0.25, 0.3) is 0 Å². The molecule has 0 unspecified atom stereocenters. The fourth-order valence-electron chi connectivity index (χ4n) is 7.37. The molecule has 0 aromatic heterocycles. The van der Waals surface area contributed by atoms with Gasteiger partial charge in [0.2, 0.25) is 12.5 Å². The van der Waals surface area contributed by atoms with E-state index in [-0.39, 0.29) is 42.2 Å². The Bertz CT molecular complexity index is 1370. The number of fused-ring (bicyclic) bond motifs is 3. The molecule has 3 atom stereocenters. The van der Waals surface area contributed by atoms with E-state index in [1.165, 1.54) is 70.6 Å². The molecule has 0 amide bonds. The maximum absolute atomic E-state index is 13.0. The van der Waals surface area contributed by atoms with Crippen molar-refractivity contribution in [3.63, 3.8) is 0 Å². The zero-order chi connectivity index (χ0) is 33.7. The van der Waals surface area contributed by atoms with Crippen LogP contribution in [-0.4, -0.2) is 39.6 Å². The van der Waals surface area contributed by atoms with Crippen molar-refractivity contribution in [1.29, 1.82) is 0 Å². The summed E-state index contributed by atoms with van der Waals surface area (Å²) < 4.78 is 34.2. The first-order valence-corrected chi connectivity index (χ1v) is 18.2. The number of methoxy groups -OCH3 is 2. The molecule has 48 heavy (non-hydrogen) atoms. The van der Waals surface area contributed by atoms with E-state index in [4.69, 9.17) is 28.4 Å². The van der Waals surface area contributed by atoms with Crippen molar-refractivity contribution in [2.24, 2.45) is 11.8 Å². The molecule has 2 aliphatic heterocycles. The van der Waals surface area contributed by atoms with Crippen molar-refractivity contribution < 1.29 is 38.0 Å². The fourth-order valence-corrected chi connectivity index (χ4v) is 7.37. The Hall–Kier alpha value is -3.68. The van der Waals surface area contributed by atoms with Gasteiger partial charge in [-0.3, -0.25) is 9.59 Å². The number of esters is 2. The highest BCUT2D eigenvalue weighted by atomic mass is 16.7. The molecular formula is C40H54O8. The number of benzene rings is 2. The van der Waals surface area contributed by atoms with Gasteiger partial charge in [0.15, 0.2) is 23.0 Å². The van der Waals surface area contributed by atoms with Gasteiger partial charge in [-0.1, -0.05) is 76.9 Å². The summed E-state index contributed by atoms with van der Waals surface area (Å²) in [6.45, 7) is 2.82. The lowest BCUT2D eigenvalue weighted by Crippen LogP contribution is -2.31. The molecule has 1 aliphatic carbocycles. The van der Waals surface area contributed by atoms with Crippen LogP contribution in [0.5, 0.6) is 28.7 Å². The number of cyclic esters (lactones) is 1. The lowest BCUT2D eigenvalue weighted by atomic mass is 9.67. The molecule has 2 aromatic rings. The minimum absolute atomic E-state index is 0.0433. The van der Waals surface area contributed by atoms with Gasteiger partial charge in [0.05, 0.1) is 26.7 Å². The van der Waals surface area contributed by atoms with E-state index < -0.39 is 0 Å². The van der Waals surface area contributed by atoms with E-state index >= 15 is 0 Å². The maximum atomic E-state index is 13.0. The molecule has 5 rings (SSSR count). The van der Waals surface area contributed by atoms with Crippen molar-refractivity contribution >= 4 is 11.9 Å². The van der Waals surface area contributed by atoms with Gasteiger partial charge in [-0.15, -0.1) is 0 Å². The van der Waals surface area contributed by atoms with E-state index in [0.29, 0.717) is 30.3 Å². The SMILES string of the molecule is CCCCCCC/C=C/CCCCCCCCCC(=O)Oc1c(OC)cc([C@@H]2c3cc4c(cc3C[C@H]3COC(=O)[C@@H]32)OCO4)cc1OC. The first kappa shape index (κ1) is 35.6. The van der Waals surface area contributed by atoms with Crippen LogP contribution in [0.15, 0.2) is 36.4 Å². The minimum Gasteiger partial charge on any atom is -0.493 e. The summed E-state index contributed by atoms with van der Waals surface area (Å²) >= 11 is 0. The summed E-state index contributed by atoms with van der Waals surface area (Å²) in [6.07, 6.45) is 22.7. The topological polar surface area (TPSA) is 89.5 Å². The molecule has 0 N–H and O–H groups in total. The minimum atomic E-state index is -0.354. The number of hydrogen-bond acceptors (Lipinski definition) is 8. The molecule has 0 radical (unpaired) electrons. The second kappa shape index (κ2) is 18.2. The molecule has 2 heterocycles. The van der Waals surface area contributed by atoms with Gasteiger partial charge in [-0.25, -0.2) is 0 Å². The van der Waals surface area contributed by atoms with Gasteiger partial charge < -0.3 is 28.4 Å². The smallest absolute Gasteiger partial charge is 0.311 e. The molecule has 0 spiro atoms. The van der Waals surface area contributed by atoms with Crippen LogP contribution in [0.2, 0.25) is 0 Å². The van der Waals surface area contributed by atoms with Crippen LogP contribution in [0, 0.1) is 11.8 Å². The summed E-state index contributed by atoms with van der Waals surface area (Å²) in [5, 5.41) is 0. The molecular weight excluding hydrogens is 608 g/mol. The second-order valence-electron chi connectivity index (χ2n) is 13.4. The Morgan fingerprint density at radius 3 is 2.04 bits per heavy atom. The highest BCUT2D eigenvalue weighted by Crippen LogP contribution is 2.52. The third-order valence-corrected chi connectivity index (χ3v) is 9.98. The highest BCUT2D eigenvalue weighted by molar-refractivity contribution is 5.79. The number of unbranched alkanes of at least 4 members (excludes halogenated alkanes) is 12. The summed E-state index contributed by atoms with van der Waals surface area (Å²) in [7, 11) is 3.09. The average Bonchev–Trinajstić information content (AvgIpc) is 3.71. The fraction of sp³-hybridized carbons (Fsp3) is 0.600. The maximum Gasteiger partial charge on any atom is 0.311 e. The molecule has 262 valence electrons. The van der Waals surface area contributed by atoms with Crippen LogP contribution in [0.1, 0.15) is 126 Å². The van der Waals surface area contributed by atoms with E-state index in [9.17, 15) is 9.59 Å². The first-order valence-electron chi connectivity index (χ1n) is 18.2. The molecule has 8 nitrogen and oxygen atoms in total. The number of rotatable bonds is 20. The Balaban J connectivity index is 1.10. The average molecular weight is 663 g/mol. The molecule has 3 aliphatic rings. The molecule has 8 heteroatoms. The Morgan fingerprint density at radius 2 is 1.40 bits per heavy atom. The van der Waals surface area contributed by atoms with Crippen LogP contribution in [0.4, 0.5) is 0 Å². The van der Waals surface area contributed by atoms with Crippen LogP contribution < -0.4 is 23.7 Å². The normalized spacial score (nSPS) is 19.2. The summed E-state index contributed by atoms with van der Waals surface area (Å²) in [5.74, 6) is 1.27. The van der Waals surface area contributed by atoms with Crippen LogP contribution in [0.3, 0.4) is 0 Å². The van der Waals surface area contributed by atoms with Crippen molar-refractivity contribution in [3.05, 3.63) is 53.1 Å². The largest absolute Gasteiger partial charge is 0.493 e. The molecule has 2 aromatic carbocycles. The number of allylic oxidation sites excluding steroid dienone is 2. The number of ether oxygens (including phenoxy) is 6.